The van der Waals surface area contributed by atoms with E-state index in [2.05, 4.69) is 13.0 Å². The molecule has 0 aliphatic rings. The highest BCUT2D eigenvalue weighted by atomic mass is 16.5. The zero-order chi connectivity index (χ0) is 13.7. The monoisotopic (exact) mass is 254 g/mol. The number of hydrogen-bond donors (Lipinski definition) is 0. The van der Waals surface area contributed by atoms with Crippen molar-refractivity contribution in [3.63, 3.8) is 0 Å². The third-order valence-electron chi connectivity index (χ3n) is 2.96. The molecule has 0 aliphatic carbocycles. The van der Waals surface area contributed by atoms with Crippen molar-refractivity contribution in [3.05, 3.63) is 59.7 Å². The molecule has 2 heteroatoms. The third kappa shape index (κ3) is 3.68. The van der Waals surface area contributed by atoms with Gasteiger partial charge in [0.15, 0.2) is 0 Å². The quantitative estimate of drug-likeness (QED) is 0.800. The molecule has 0 fully saturated rings. The number of rotatable bonds is 5. The van der Waals surface area contributed by atoms with Crippen LogP contribution in [-0.2, 0) is 17.6 Å². The van der Waals surface area contributed by atoms with E-state index in [1.54, 1.807) is 6.92 Å². The zero-order valence-corrected chi connectivity index (χ0v) is 11.3. The van der Waals surface area contributed by atoms with Crippen molar-refractivity contribution in [2.24, 2.45) is 0 Å². The summed E-state index contributed by atoms with van der Waals surface area (Å²) in [5.74, 6) is 1.86. The lowest BCUT2D eigenvalue weighted by atomic mass is 10.1. The van der Waals surface area contributed by atoms with Crippen LogP contribution in [0.25, 0.3) is 0 Å². The van der Waals surface area contributed by atoms with Gasteiger partial charge in [-0.1, -0.05) is 37.3 Å². The SMILES string of the molecule is CCc1ccccc1Oc1ccc(CC(C)=O)cc1. The molecule has 0 aliphatic heterocycles. The number of Topliss-reactive ketones (excluding diaryl/α,β-unsaturated/α-hetero) is 1. The van der Waals surface area contributed by atoms with Crippen molar-refractivity contribution in [2.75, 3.05) is 0 Å². The lowest BCUT2D eigenvalue weighted by Crippen LogP contribution is -1.96. The van der Waals surface area contributed by atoms with E-state index < -0.39 is 0 Å². The van der Waals surface area contributed by atoms with Gasteiger partial charge < -0.3 is 4.74 Å². The summed E-state index contributed by atoms with van der Waals surface area (Å²) in [6, 6.07) is 15.7. The number of hydrogen-bond acceptors (Lipinski definition) is 2. The molecule has 0 heterocycles. The number of benzene rings is 2. The summed E-state index contributed by atoms with van der Waals surface area (Å²) >= 11 is 0. The van der Waals surface area contributed by atoms with E-state index in [1.165, 1.54) is 5.56 Å². The molecular formula is C17H18O2. The van der Waals surface area contributed by atoms with Crippen molar-refractivity contribution in [1.29, 1.82) is 0 Å². The standard InChI is InChI=1S/C17H18O2/c1-3-15-6-4-5-7-17(15)19-16-10-8-14(9-11-16)12-13(2)18/h4-11H,3,12H2,1-2H3. The fourth-order valence-corrected chi connectivity index (χ4v) is 1.99. The van der Waals surface area contributed by atoms with Crippen molar-refractivity contribution in [2.45, 2.75) is 26.7 Å². The van der Waals surface area contributed by atoms with Crippen LogP contribution in [0.4, 0.5) is 0 Å². The highest BCUT2D eigenvalue weighted by Gasteiger charge is 2.03. The molecule has 2 aromatic rings. The van der Waals surface area contributed by atoms with Crippen LogP contribution in [0.15, 0.2) is 48.5 Å². The van der Waals surface area contributed by atoms with Crippen LogP contribution in [0.2, 0.25) is 0 Å². The third-order valence-corrected chi connectivity index (χ3v) is 2.96. The van der Waals surface area contributed by atoms with Gasteiger partial charge in [0.1, 0.15) is 17.3 Å². The Morgan fingerprint density at radius 3 is 2.37 bits per heavy atom. The minimum Gasteiger partial charge on any atom is -0.457 e. The fraction of sp³-hybridized carbons (Fsp3) is 0.235. The van der Waals surface area contributed by atoms with E-state index >= 15 is 0 Å². The van der Waals surface area contributed by atoms with E-state index in [9.17, 15) is 4.79 Å². The van der Waals surface area contributed by atoms with E-state index in [0.29, 0.717) is 6.42 Å². The van der Waals surface area contributed by atoms with Gasteiger partial charge in [0.05, 0.1) is 0 Å². The highest BCUT2D eigenvalue weighted by Crippen LogP contribution is 2.25. The number of aryl methyl sites for hydroxylation is 1. The predicted octanol–water partition coefficient (Wildman–Crippen LogP) is 4.17. The molecule has 0 atom stereocenters. The summed E-state index contributed by atoms with van der Waals surface area (Å²) in [6.07, 6.45) is 1.42. The smallest absolute Gasteiger partial charge is 0.134 e. The summed E-state index contributed by atoms with van der Waals surface area (Å²) in [6.45, 7) is 3.71. The van der Waals surface area contributed by atoms with Gasteiger partial charge in [0.2, 0.25) is 0 Å². The van der Waals surface area contributed by atoms with Gasteiger partial charge in [-0.25, -0.2) is 0 Å². The molecule has 0 saturated heterocycles. The molecule has 98 valence electrons. The Hall–Kier alpha value is -2.09. The summed E-state index contributed by atoms with van der Waals surface area (Å²) in [7, 11) is 0. The summed E-state index contributed by atoms with van der Waals surface area (Å²) < 4.78 is 5.88. The first kappa shape index (κ1) is 13.3. The van der Waals surface area contributed by atoms with Gasteiger partial charge in [0, 0.05) is 6.42 Å². The van der Waals surface area contributed by atoms with Gasteiger partial charge in [0.25, 0.3) is 0 Å². The maximum Gasteiger partial charge on any atom is 0.134 e. The van der Waals surface area contributed by atoms with E-state index in [0.717, 1.165) is 23.5 Å². The Kier molecular flexibility index (Phi) is 4.35. The van der Waals surface area contributed by atoms with Gasteiger partial charge >= 0.3 is 0 Å². The predicted molar refractivity (Wildman–Crippen MR) is 76.7 cm³/mol. The summed E-state index contributed by atoms with van der Waals surface area (Å²) in [5.41, 5.74) is 2.21. The Labute approximate surface area is 114 Å². The first-order valence-electron chi connectivity index (χ1n) is 6.53. The zero-order valence-electron chi connectivity index (χ0n) is 11.3. The second-order valence-electron chi connectivity index (χ2n) is 4.59. The molecule has 2 nitrogen and oxygen atoms in total. The Morgan fingerprint density at radius 2 is 1.74 bits per heavy atom. The van der Waals surface area contributed by atoms with E-state index in [-0.39, 0.29) is 5.78 Å². The Bertz CT molecular complexity index is 556. The molecule has 0 unspecified atom stereocenters. The maximum atomic E-state index is 11.0. The van der Waals surface area contributed by atoms with Crippen molar-refractivity contribution in [1.82, 2.24) is 0 Å². The number of para-hydroxylation sites is 1. The molecule has 2 rings (SSSR count). The minimum absolute atomic E-state index is 0.171. The van der Waals surface area contributed by atoms with Gasteiger partial charge in [-0.15, -0.1) is 0 Å². The molecular weight excluding hydrogens is 236 g/mol. The van der Waals surface area contributed by atoms with E-state index in [1.807, 2.05) is 42.5 Å². The molecule has 0 N–H and O–H groups in total. The first-order chi connectivity index (χ1) is 9.19. The lowest BCUT2D eigenvalue weighted by molar-refractivity contribution is -0.116. The highest BCUT2D eigenvalue weighted by molar-refractivity contribution is 5.78. The van der Waals surface area contributed by atoms with Crippen LogP contribution in [0.3, 0.4) is 0 Å². The molecule has 0 spiro atoms. The van der Waals surface area contributed by atoms with Gasteiger partial charge in [-0.2, -0.15) is 0 Å². The van der Waals surface area contributed by atoms with Crippen molar-refractivity contribution in [3.8, 4) is 11.5 Å². The topological polar surface area (TPSA) is 26.3 Å². The van der Waals surface area contributed by atoms with Crippen molar-refractivity contribution >= 4 is 5.78 Å². The van der Waals surface area contributed by atoms with Crippen LogP contribution < -0.4 is 4.74 Å². The van der Waals surface area contributed by atoms with Gasteiger partial charge in [-0.3, -0.25) is 4.79 Å². The van der Waals surface area contributed by atoms with Crippen molar-refractivity contribution < 1.29 is 9.53 Å². The average Bonchev–Trinajstić information content (AvgIpc) is 2.41. The number of carbonyl (C=O) groups is 1. The summed E-state index contributed by atoms with van der Waals surface area (Å²) in [5, 5.41) is 0. The number of carbonyl (C=O) groups excluding carboxylic acids is 1. The van der Waals surface area contributed by atoms with Crippen LogP contribution in [0, 0.1) is 0 Å². The molecule has 0 bridgehead atoms. The molecule has 0 saturated carbocycles. The Morgan fingerprint density at radius 1 is 1.05 bits per heavy atom. The maximum absolute atomic E-state index is 11.0. The first-order valence-corrected chi connectivity index (χ1v) is 6.53. The Balaban J connectivity index is 2.13. The van der Waals surface area contributed by atoms with Crippen LogP contribution in [-0.4, -0.2) is 5.78 Å². The normalized spacial score (nSPS) is 10.2. The van der Waals surface area contributed by atoms with E-state index in [4.69, 9.17) is 4.74 Å². The van der Waals surface area contributed by atoms with Crippen LogP contribution >= 0.6 is 0 Å². The number of ketones is 1. The molecule has 0 amide bonds. The molecule has 19 heavy (non-hydrogen) atoms. The summed E-state index contributed by atoms with van der Waals surface area (Å²) in [4.78, 5) is 11.0. The minimum atomic E-state index is 0.171. The molecule has 2 aromatic carbocycles. The second kappa shape index (κ2) is 6.19. The largest absolute Gasteiger partial charge is 0.457 e. The van der Waals surface area contributed by atoms with Gasteiger partial charge in [-0.05, 0) is 42.7 Å². The second-order valence-corrected chi connectivity index (χ2v) is 4.59. The average molecular weight is 254 g/mol. The fourth-order valence-electron chi connectivity index (χ4n) is 1.99. The van der Waals surface area contributed by atoms with Crippen LogP contribution in [0.5, 0.6) is 11.5 Å². The molecule has 0 radical (unpaired) electrons. The molecule has 0 aromatic heterocycles. The number of ether oxygens (including phenoxy) is 1. The lowest BCUT2D eigenvalue weighted by Gasteiger charge is -2.10. The van der Waals surface area contributed by atoms with Crippen LogP contribution in [0.1, 0.15) is 25.0 Å².